The molecular formula is C104H59BBr2O6. The van der Waals surface area contributed by atoms with Gasteiger partial charge >= 0.3 is 7.12 Å². The topological polar surface area (TPSA) is 93.0 Å². The standard InChI is InChI=1S/C57H32O2.C37H18Br2O2.C10H9BO2/c1-3-15-35-29-37(27-25-33(35)13-1)43-31-48-54(56-51(43)41-19-7-11-23-49(41)59-56)53-47(57(48)45-21-9-5-17-39(45)40-18-6-10-22-46(40)57)32-44(38-28-26-34-14-2-4-16-36(34)30-38)55-52(53)42-20-8-12-24-50(42)58-55;38-27-17-26-34(36-31(27)21-11-3-7-15-29(21)41-36)33-25(18-28(39)35-32(33)22-12-4-8-16-30(22)40-35)37(26)23-13-5-1-9-19(23)20-10-2-6-14-24(20)37;12-11(13)10-6-5-8-3-1-2-4-9(8)7-10/h1-32H;1-18H;1-7,12-13H. The molecule has 0 fully saturated rings. The summed E-state index contributed by atoms with van der Waals surface area (Å²) in [5.41, 5.74) is 30.9. The van der Waals surface area contributed by atoms with E-state index in [0.29, 0.717) is 5.46 Å². The molecule has 0 aliphatic heterocycles. The summed E-state index contributed by atoms with van der Waals surface area (Å²) in [6, 6.07) is 123. The molecule has 0 radical (unpaired) electrons. The van der Waals surface area contributed by atoms with Crippen LogP contribution in [0.15, 0.2) is 372 Å². The first-order chi connectivity index (χ1) is 55.7. The predicted octanol–water partition coefficient (Wildman–Crippen LogP) is 27.3. The van der Waals surface area contributed by atoms with Gasteiger partial charge in [-0.05, 0) is 198 Å². The number of halogens is 2. The number of fused-ring (bicyclic) bond motifs is 39. The smallest absolute Gasteiger partial charge is 0.455 e. The summed E-state index contributed by atoms with van der Waals surface area (Å²) in [5, 5.41) is 33.8. The molecule has 26 rings (SSSR count). The SMILES string of the molecule is Brc1cc2c(c3c1oc1ccccc13)-c1c(cc(Br)c3c1oc1ccccc13)C21c2ccccc2-c2ccccc21.OB(O)c1ccc2ccccc2c1.c1ccc2c(c1)-c1ccccc1C21c2cc(-c3ccc4ccccc4c3)c3c(oc4ccccc43)c2-c2c1cc(-c1ccc3ccccc3c1)c1oc3ccccc3c21. The number of hydrogen-bond acceptors (Lipinski definition) is 6. The van der Waals surface area contributed by atoms with Gasteiger partial charge in [0.15, 0.2) is 0 Å². The van der Waals surface area contributed by atoms with Crippen molar-refractivity contribution < 1.29 is 27.7 Å². The molecule has 0 saturated carbocycles. The second kappa shape index (κ2) is 24.2. The Balaban J connectivity index is 0.000000118. The fraction of sp³-hybridized carbons (Fsp3) is 0.0192. The molecule has 0 amide bonds. The van der Waals surface area contributed by atoms with Gasteiger partial charge in [-0.15, -0.1) is 0 Å². The van der Waals surface area contributed by atoms with Crippen LogP contribution in [0.3, 0.4) is 0 Å². The lowest BCUT2D eigenvalue weighted by atomic mass is 9.69. The molecule has 0 bridgehead atoms. The minimum Gasteiger partial charge on any atom is -0.455 e. The minimum absolute atomic E-state index is 0.511. The van der Waals surface area contributed by atoms with Gasteiger partial charge in [-0.3, -0.25) is 0 Å². The molecule has 18 aromatic carbocycles. The van der Waals surface area contributed by atoms with Crippen LogP contribution < -0.4 is 5.46 Å². The van der Waals surface area contributed by atoms with E-state index in [9.17, 15) is 0 Å². The lowest BCUT2D eigenvalue weighted by Crippen LogP contribution is -2.29. The van der Waals surface area contributed by atoms with Gasteiger partial charge in [0.2, 0.25) is 0 Å². The molecule has 113 heavy (non-hydrogen) atoms. The first-order valence-corrected chi connectivity index (χ1v) is 39.8. The highest BCUT2D eigenvalue weighted by Gasteiger charge is 2.56. The van der Waals surface area contributed by atoms with Crippen molar-refractivity contribution in [2.24, 2.45) is 0 Å². The van der Waals surface area contributed by atoms with Crippen LogP contribution in [-0.4, -0.2) is 17.2 Å². The molecule has 2 N–H and O–H groups in total. The normalized spacial score (nSPS) is 13.5. The van der Waals surface area contributed by atoms with Crippen LogP contribution in [0, 0.1) is 0 Å². The van der Waals surface area contributed by atoms with Crippen molar-refractivity contribution in [2.75, 3.05) is 0 Å². The Kier molecular flexibility index (Phi) is 13.8. The molecule has 4 aromatic heterocycles. The summed E-state index contributed by atoms with van der Waals surface area (Å²) in [7, 11) is -1.38. The van der Waals surface area contributed by atoms with Gasteiger partial charge < -0.3 is 27.7 Å². The van der Waals surface area contributed by atoms with E-state index in [1.807, 2.05) is 42.5 Å². The second-order valence-corrected chi connectivity index (χ2v) is 32.0. The van der Waals surface area contributed by atoms with Gasteiger partial charge in [-0.2, -0.15) is 0 Å². The molecular weight excluding hydrogens is 1520 g/mol. The van der Waals surface area contributed by atoms with E-state index >= 15 is 0 Å². The zero-order chi connectivity index (χ0) is 74.7. The number of rotatable bonds is 3. The van der Waals surface area contributed by atoms with Gasteiger partial charge in [0.05, 0.1) is 15.3 Å². The van der Waals surface area contributed by atoms with Gasteiger partial charge in [-0.25, -0.2) is 0 Å². The zero-order valence-corrected chi connectivity index (χ0v) is 63.4. The molecule has 0 atom stereocenters. The highest BCUT2D eigenvalue weighted by Crippen LogP contribution is 2.70. The van der Waals surface area contributed by atoms with E-state index in [-0.39, 0.29) is 0 Å². The summed E-state index contributed by atoms with van der Waals surface area (Å²) in [4.78, 5) is 0. The monoisotopic (exact) mass is 1570 g/mol. The maximum absolute atomic E-state index is 8.94. The second-order valence-electron chi connectivity index (χ2n) is 30.3. The lowest BCUT2D eigenvalue weighted by Gasteiger charge is -2.31. The van der Waals surface area contributed by atoms with Gasteiger partial charge in [0, 0.05) is 75.4 Å². The molecule has 4 heterocycles. The van der Waals surface area contributed by atoms with Crippen molar-refractivity contribution >= 4 is 165 Å². The van der Waals surface area contributed by atoms with E-state index in [1.54, 1.807) is 12.1 Å². The molecule has 4 aliphatic carbocycles. The molecule has 22 aromatic rings. The summed E-state index contributed by atoms with van der Waals surface area (Å²) >= 11 is 7.96. The molecule has 0 unspecified atom stereocenters. The zero-order valence-electron chi connectivity index (χ0n) is 60.3. The average molecular weight is 1580 g/mol. The Labute approximate surface area is 664 Å². The number of para-hydroxylation sites is 4. The fourth-order valence-corrected chi connectivity index (χ4v) is 21.3. The summed E-state index contributed by atoms with van der Waals surface area (Å²) < 4.78 is 29.6. The highest BCUT2D eigenvalue weighted by atomic mass is 79.9. The Morgan fingerprint density at radius 3 is 1.04 bits per heavy atom. The summed E-state index contributed by atoms with van der Waals surface area (Å²) in [6.45, 7) is 0. The molecule has 0 saturated heterocycles. The Morgan fingerprint density at radius 2 is 0.558 bits per heavy atom. The Hall–Kier alpha value is -13.1. The third kappa shape index (κ3) is 8.90. The largest absolute Gasteiger partial charge is 0.488 e. The quantitative estimate of drug-likeness (QED) is 0.171. The van der Waals surface area contributed by atoms with Crippen LogP contribution in [0.2, 0.25) is 0 Å². The molecule has 2 spiro atoms. The van der Waals surface area contributed by atoms with Crippen LogP contribution in [-0.2, 0) is 10.8 Å². The van der Waals surface area contributed by atoms with Crippen LogP contribution in [0.1, 0.15) is 44.5 Å². The van der Waals surface area contributed by atoms with Gasteiger partial charge in [0.1, 0.15) is 44.7 Å². The third-order valence-electron chi connectivity index (χ3n) is 24.7. The maximum Gasteiger partial charge on any atom is 0.488 e. The maximum atomic E-state index is 8.94. The molecule has 6 nitrogen and oxygen atoms in total. The van der Waals surface area contributed by atoms with Crippen molar-refractivity contribution in [3.63, 3.8) is 0 Å². The van der Waals surface area contributed by atoms with Crippen molar-refractivity contribution in [1.29, 1.82) is 0 Å². The van der Waals surface area contributed by atoms with E-state index in [1.165, 1.54) is 111 Å². The summed E-state index contributed by atoms with van der Waals surface area (Å²) in [6.07, 6.45) is 0. The van der Waals surface area contributed by atoms with Crippen molar-refractivity contribution in [1.82, 2.24) is 0 Å². The number of furan rings is 4. The van der Waals surface area contributed by atoms with E-state index in [0.717, 1.165) is 130 Å². The van der Waals surface area contributed by atoms with E-state index in [2.05, 4.69) is 323 Å². The summed E-state index contributed by atoms with van der Waals surface area (Å²) in [5.74, 6) is 0. The van der Waals surface area contributed by atoms with Crippen molar-refractivity contribution in [3.8, 4) is 66.8 Å². The number of hydrogen-bond donors (Lipinski definition) is 2. The van der Waals surface area contributed by atoms with Crippen molar-refractivity contribution in [2.45, 2.75) is 10.8 Å². The average Bonchev–Trinajstić information content (AvgIpc) is 1.49. The minimum atomic E-state index is -1.38. The predicted molar refractivity (Wildman–Crippen MR) is 470 cm³/mol. The van der Waals surface area contributed by atoms with E-state index in [4.69, 9.17) is 27.7 Å². The fourth-order valence-electron chi connectivity index (χ4n) is 20.2. The third-order valence-corrected chi connectivity index (χ3v) is 25.9. The first kappa shape index (κ1) is 64.7. The van der Waals surface area contributed by atoms with Crippen LogP contribution in [0.5, 0.6) is 0 Å². The molecule has 528 valence electrons. The van der Waals surface area contributed by atoms with Crippen molar-refractivity contribution in [3.05, 3.63) is 399 Å². The van der Waals surface area contributed by atoms with E-state index < -0.39 is 17.9 Å². The highest BCUT2D eigenvalue weighted by molar-refractivity contribution is 9.11. The molecule has 4 aliphatic rings. The number of benzene rings is 18. The Morgan fingerprint density at radius 1 is 0.230 bits per heavy atom. The molecule has 9 heteroatoms. The van der Waals surface area contributed by atoms with Crippen LogP contribution in [0.25, 0.3) is 187 Å². The lowest BCUT2D eigenvalue weighted by molar-refractivity contribution is 0.426. The van der Waals surface area contributed by atoms with Crippen LogP contribution in [0.4, 0.5) is 0 Å². The van der Waals surface area contributed by atoms with Crippen LogP contribution >= 0.6 is 31.9 Å². The van der Waals surface area contributed by atoms with Gasteiger partial charge in [-0.1, -0.05) is 301 Å². The first-order valence-electron chi connectivity index (χ1n) is 38.2. The van der Waals surface area contributed by atoms with Gasteiger partial charge in [0.25, 0.3) is 0 Å². The Bertz CT molecular complexity index is 7830.